The van der Waals surface area contributed by atoms with E-state index >= 15 is 0 Å². The Balaban J connectivity index is 1.25. The highest BCUT2D eigenvalue weighted by Gasteiger charge is 2.53. The van der Waals surface area contributed by atoms with Crippen molar-refractivity contribution in [3.63, 3.8) is 0 Å². The Morgan fingerprint density at radius 3 is 2.24 bits per heavy atom. The lowest BCUT2D eigenvalue weighted by Gasteiger charge is -2.43. The summed E-state index contributed by atoms with van der Waals surface area (Å²) in [5.41, 5.74) is 6.07. The van der Waals surface area contributed by atoms with Gasteiger partial charge in [0.1, 0.15) is 0 Å². The predicted molar refractivity (Wildman–Crippen MR) is 130 cm³/mol. The number of piperidine rings is 1. The Morgan fingerprint density at radius 1 is 0.939 bits per heavy atom. The quantitative estimate of drug-likeness (QED) is 0.587. The summed E-state index contributed by atoms with van der Waals surface area (Å²) in [4.78, 5) is 6.99. The molecule has 170 valence electrons. The topological polar surface area (TPSA) is 45.6 Å². The lowest BCUT2D eigenvalue weighted by molar-refractivity contribution is -0.0311. The van der Waals surface area contributed by atoms with Gasteiger partial charge in [-0.15, -0.1) is 0 Å². The lowest BCUT2D eigenvalue weighted by atomic mass is 9.74. The fraction of sp³-hybridized carbons (Fsp3) is 0.414. The minimum Gasteiger partial charge on any atom is -0.477 e. The molecule has 0 amide bonds. The molecule has 0 spiro atoms. The maximum Gasteiger partial charge on any atom is 0.219 e. The summed E-state index contributed by atoms with van der Waals surface area (Å²) in [6.45, 7) is 5.46. The van der Waals surface area contributed by atoms with Crippen LogP contribution in [-0.2, 0) is 11.0 Å². The number of fused-ring (bicyclic) bond motifs is 8. The van der Waals surface area contributed by atoms with Crippen molar-refractivity contribution < 1.29 is 9.84 Å². The van der Waals surface area contributed by atoms with E-state index < -0.39 is 5.60 Å². The summed E-state index contributed by atoms with van der Waals surface area (Å²) in [5.74, 6) is 1.11. The van der Waals surface area contributed by atoms with E-state index in [2.05, 4.69) is 65.3 Å². The van der Waals surface area contributed by atoms with Crippen molar-refractivity contribution in [1.29, 1.82) is 0 Å². The monoisotopic (exact) mass is 440 g/mol. The van der Waals surface area contributed by atoms with E-state index in [-0.39, 0.29) is 5.41 Å². The summed E-state index contributed by atoms with van der Waals surface area (Å²) in [6.07, 6.45) is 5.24. The summed E-state index contributed by atoms with van der Waals surface area (Å²) in [6, 6.07) is 22.0. The first-order chi connectivity index (χ1) is 16.1. The molecule has 4 nitrogen and oxygen atoms in total. The van der Waals surface area contributed by atoms with Crippen LogP contribution in [0.5, 0.6) is 5.88 Å². The van der Waals surface area contributed by atoms with Crippen LogP contribution < -0.4 is 4.74 Å². The van der Waals surface area contributed by atoms with E-state index in [0.717, 1.165) is 31.6 Å². The van der Waals surface area contributed by atoms with Crippen LogP contribution in [0.15, 0.2) is 66.9 Å². The second-order valence-corrected chi connectivity index (χ2v) is 10.0. The summed E-state index contributed by atoms with van der Waals surface area (Å²) in [7, 11) is 0. The number of nitrogens with zero attached hydrogens (tertiary/aromatic N) is 2. The molecule has 0 unspecified atom stereocenters. The number of hydrogen-bond acceptors (Lipinski definition) is 4. The van der Waals surface area contributed by atoms with Crippen molar-refractivity contribution in [3.8, 4) is 5.88 Å². The SMILES string of the molecule is CCCOc1ncccc1C1(O)CCN(CC23CC(c4ccccc42)c2ccccc23)CC1. The fourth-order valence-corrected chi connectivity index (χ4v) is 6.60. The van der Waals surface area contributed by atoms with E-state index in [1.807, 2.05) is 12.1 Å². The zero-order chi connectivity index (χ0) is 22.5. The Labute approximate surface area is 196 Å². The van der Waals surface area contributed by atoms with Crippen LogP contribution in [-0.4, -0.2) is 41.2 Å². The van der Waals surface area contributed by atoms with Crippen molar-refractivity contribution in [2.24, 2.45) is 0 Å². The van der Waals surface area contributed by atoms with Crippen LogP contribution in [0.3, 0.4) is 0 Å². The molecule has 33 heavy (non-hydrogen) atoms. The van der Waals surface area contributed by atoms with Gasteiger partial charge in [0.25, 0.3) is 0 Å². The van der Waals surface area contributed by atoms with Gasteiger partial charge in [-0.25, -0.2) is 4.98 Å². The van der Waals surface area contributed by atoms with Gasteiger partial charge in [-0.1, -0.05) is 55.5 Å². The second-order valence-electron chi connectivity index (χ2n) is 10.0. The molecule has 0 atom stereocenters. The third-order valence-electron chi connectivity index (χ3n) is 8.15. The maximum absolute atomic E-state index is 11.6. The summed E-state index contributed by atoms with van der Waals surface area (Å²) >= 11 is 0. The van der Waals surface area contributed by atoms with E-state index in [1.165, 1.54) is 28.7 Å². The molecule has 3 aliphatic rings. The smallest absolute Gasteiger partial charge is 0.219 e. The fourth-order valence-electron chi connectivity index (χ4n) is 6.60. The predicted octanol–water partition coefficient (Wildman–Crippen LogP) is 4.99. The van der Waals surface area contributed by atoms with Crippen molar-refractivity contribution >= 4 is 0 Å². The van der Waals surface area contributed by atoms with Gasteiger partial charge in [0, 0.05) is 42.7 Å². The maximum atomic E-state index is 11.6. The largest absolute Gasteiger partial charge is 0.477 e. The summed E-state index contributed by atoms with van der Waals surface area (Å²) < 4.78 is 5.87. The first-order valence-electron chi connectivity index (χ1n) is 12.4. The molecule has 2 bridgehead atoms. The average Bonchev–Trinajstić information content (AvgIpc) is 3.37. The van der Waals surface area contributed by atoms with Crippen LogP contribution in [0.25, 0.3) is 0 Å². The van der Waals surface area contributed by atoms with E-state index in [0.29, 0.717) is 31.2 Å². The number of ether oxygens (including phenoxy) is 1. The number of hydrogen-bond donors (Lipinski definition) is 1. The highest BCUT2D eigenvalue weighted by Crippen LogP contribution is 2.60. The molecule has 1 aliphatic heterocycles. The van der Waals surface area contributed by atoms with Gasteiger partial charge < -0.3 is 14.7 Å². The Bertz CT molecular complexity index is 1120. The zero-order valence-electron chi connectivity index (χ0n) is 19.3. The molecule has 2 aliphatic carbocycles. The van der Waals surface area contributed by atoms with Gasteiger partial charge in [-0.2, -0.15) is 0 Å². The summed E-state index contributed by atoms with van der Waals surface area (Å²) in [5, 5.41) is 11.6. The molecular weight excluding hydrogens is 408 g/mol. The van der Waals surface area contributed by atoms with E-state index in [4.69, 9.17) is 4.74 Å². The van der Waals surface area contributed by atoms with Gasteiger partial charge in [-0.05, 0) is 60.1 Å². The second kappa shape index (κ2) is 7.96. The highest BCUT2D eigenvalue weighted by molar-refractivity contribution is 5.63. The number of benzene rings is 2. The molecule has 2 aromatic carbocycles. The Morgan fingerprint density at radius 2 is 1.58 bits per heavy atom. The standard InChI is InChI=1S/C29H32N2O2/c1-2-18-33-27-26(12-7-15-30-27)29(32)13-16-31(17-14-29)20-28-19-23(21-8-3-5-10-24(21)28)22-9-4-6-11-25(22)28/h3-12,15,23,32H,2,13-14,16-20H2,1H3. The molecule has 1 fully saturated rings. The van der Waals surface area contributed by atoms with Crippen molar-refractivity contribution in [3.05, 3.63) is 94.7 Å². The molecule has 4 heteroatoms. The van der Waals surface area contributed by atoms with Crippen LogP contribution >= 0.6 is 0 Å². The minimum atomic E-state index is -0.880. The van der Waals surface area contributed by atoms with Gasteiger partial charge in [-0.3, -0.25) is 0 Å². The molecule has 1 N–H and O–H groups in total. The first-order valence-corrected chi connectivity index (χ1v) is 12.4. The molecule has 3 aromatic rings. The first kappa shape index (κ1) is 20.9. The molecule has 6 rings (SSSR count). The number of aliphatic hydroxyl groups is 1. The third kappa shape index (κ3) is 3.23. The number of likely N-dealkylation sites (tertiary alicyclic amines) is 1. The molecular formula is C29H32N2O2. The molecule has 0 saturated carbocycles. The average molecular weight is 441 g/mol. The van der Waals surface area contributed by atoms with Crippen LogP contribution in [0.2, 0.25) is 0 Å². The van der Waals surface area contributed by atoms with E-state index in [1.54, 1.807) is 6.20 Å². The highest BCUT2D eigenvalue weighted by atomic mass is 16.5. The molecule has 1 saturated heterocycles. The zero-order valence-corrected chi connectivity index (χ0v) is 19.3. The number of rotatable bonds is 6. The van der Waals surface area contributed by atoms with Crippen LogP contribution in [0.1, 0.15) is 66.3 Å². The van der Waals surface area contributed by atoms with Gasteiger partial charge in [0.15, 0.2) is 0 Å². The van der Waals surface area contributed by atoms with Crippen molar-refractivity contribution in [1.82, 2.24) is 9.88 Å². The molecule has 2 heterocycles. The minimum absolute atomic E-state index is 0.0665. The Kier molecular flexibility index (Phi) is 5.04. The lowest BCUT2D eigenvalue weighted by Crippen LogP contribution is -2.48. The van der Waals surface area contributed by atoms with Crippen LogP contribution in [0, 0.1) is 0 Å². The Hall–Kier alpha value is -2.69. The van der Waals surface area contributed by atoms with Crippen molar-refractivity contribution in [2.45, 2.75) is 49.5 Å². The third-order valence-corrected chi connectivity index (χ3v) is 8.15. The van der Waals surface area contributed by atoms with E-state index in [9.17, 15) is 5.11 Å². The molecule has 1 aromatic heterocycles. The normalized spacial score (nSPS) is 25.0. The van der Waals surface area contributed by atoms with Gasteiger partial charge in [0.05, 0.1) is 12.2 Å². The number of pyridine rings is 1. The van der Waals surface area contributed by atoms with Crippen molar-refractivity contribution in [2.75, 3.05) is 26.2 Å². The van der Waals surface area contributed by atoms with Gasteiger partial charge >= 0.3 is 0 Å². The molecule has 0 radical (unpaired) electrons. The van der Waals surface area contributed by atoms with Crippen LogP contribution in [0.4, 0.5) is 0 Å². The van der Waals surface area contributed by atoms with Gasteiger partial charge in [0.2, 0.25) is 5.88 Å². The number of aromatic nitrogens is 1.